The van der Waals surface area contributed by atoms with Gasteiger partial charge < -0.3 is 11.1 Å². The van der Waals surface area contributed by atoms with Gasteiger partial charge in [-0.2, -0.15) is 0 Å². The van der Waals surface area contributed by atoms with Crippen LogP contribution >= 0.6 is 0 Å². The highest BCUT2D eigenvalue weighted by Crippen LogP contribution is 2.23. The van der Waals surface area contributed by atoms with E-state index < -0.39 is 0 Å². The van der Waals surface area contributed by atoms with Crippen LogP contribution in [0.1, 0.15) is 26.2 Å². The van der Waals surface area contributed by atoms with Gasteiger partial charge in [0.05, 0.1) is 0 Å². The lowest BCUT2D eigenvalue weighted by Crippen LogP contribution is -2.30. The molecule has 1 fully saturated rings. The summed E-state index contributed by atoms with van der Waals surface area (Å²) in [7, 11) is 0. The van der Waals surface area contributed by atoms with Gasteiger partial charge in [0, 0.05) is 18.5 Å². The Balaban J connectivity index is 2.31. The van der Waals surface area contributed by atoms with Gasteiger partial charge in [0.1, 0.15) is 0 Å². The molecule has 0 aromatic rings. The maximum absolute atomic E-state index is 11.2. The summed E-state index contributed by atoms with van der Waals surface area (Å²) in [6.07, 6.45) is 2.83. The molecule has 1 amide bonds. The highest BCUT2D eigenvalue weighted by Gasteiger charge is 2.26. The molecule has 64 valence electrons. The number of hydrogen-bond acceptors (Lipinski definition) is 2. The van der Waals surface area contributed by atoms with E-state index in [0.29, 0.717) is 0 Å². The third-order valence-electron chi connectivity index (χ3n) is 2.19. The Morgan fingerprint density at radius 2 is 2.36 bits per heavy atom. The summed E-state index contributed by atoms with van der Waals surface area (Å²) in [5, 5.41) is 2.81. The van der Waals surface area contributed by atoms with Crippen LogP contribution in [-0.2, 0) is 4.79 Å². The number of amides is 1. The molecule has 0 aliphatic heterocycles. The first-order chi connectivity index (χ1) is 5.24. The maximum atomic E-state index is 11.2. The SMILES string of the molecule is CCNC(=O)[C@H]1CC[C@@H](N)C1. The van der Waals surface area contributed by atoms with Gasteiger partial charge in [0.15, 0.2) is 0 Å². The fourth-order valence-electron chi connectivity index (χ4n) is 1.57. The Bertz CT molecular complexity index is 147. The minimum atomic E-state index is 0.181. The topological polar surface area (TPSA) is 55.1 Å². The summed E-state index contributed by atoms with van der Waals surface area (Å²) in [6.45, 7) is 2.66. The van der Waals surface area contributed by atoms with Crippen LogP contribution in [0.5, 0.6) is 0 Å². The molecule has 0 radical (unpaired) electrons. The zero-order valence-electron chi connectivity index (χ0n) is 6.97. The van der Waals surface area contributed by atoms with Crippen molar-refractivity contribution in [1.82, 2.24) is 5.32 Å². The van der Waals surface area contributed by atoms with Crippen LogP contribution in [0.25, 0.3) is 0 Å². The average Bonchev–Trinajstić information content (AvgIpc) is 2.36. The molecular formula is C8H16N2O. The first kappa shape index (κ1) is 8.53. The number of nitrogens with two attached hydrogens (primary N) is 1. The van der Waals surface area contributed by atoms with E-state index in [1.165, 1.54) is 0 Å². The molecule has 0 heterocycles. The summed E-state index contributed by atoms with van der Waals surface area (Å²) in [4.78, 5) is 11.2. The zero-order chi connectivity index (χ0) is 8.27. The molecule has 3 N–H and O–H groups in total. The highest BCUT2D eigenvalue weighted by molar-refractivity contribution is 5.78. The largest absolute Gasteiger partial charge is 0.356 e. The molecule has 3 heteroatoms. The number of carbonyl (C=O) groups excluding carboxylic acids is 1. The smallest absolute Gasteiger partial charge is 0.223 e. The Kier molecular flexibility index (Phi) is 2.88. The first-order valence-corrected chi connectivity index (χ1v) is 4.27. The highest BCUT2D eigenvalue weighted by atomic mass is 16.1. The molecule has 11 heavy (non-hydrogen) atoms. The second-order valence-electron chi connectivity index (χ2n) is 3.16. The Hall–Kier alpha value is -0.570. The van der Waals surface area contributed by atoms with Crippen LogP contribution in [0.15, 0.2) is 0 Å². The average molecular weight is 156 g/mol. The summed E-state index contributed by atoms with van der Waals surface area (Å²) >= 11 is 0. The monoisotopic (exact) mass is 156 g/mol. The Morgan fingerprint density at radius 1 is 1.64 bits per heavy atom. The van der Waals surface area contributed by atoms with Crippen LogP contribution in [-0.4, -0.2) is 18.5 Å². The zero-order valence-corrected chi connectivity index (χ0v) is 6.97. The number of nitrogens with one attached hydrogen (secondary N) is 1. The molecule has 0 saturated heterocycles. The van der Waals surface area contributed by atoms with Gasteiger partial charge in [-0.15, -0.1) is 0 Å². The van der Waals surface area contributed by atoms with Gasteiger partial charge in [-0.1, -0.05) is 0 Å². The van der Waals surface area contributed by atoms with Crippen molar-refractivity contribution in [3.05, 3.63) is 0 Å². The van der Waals surface area contributed by atoms with Gasteiger partial charge in [-0.25, -0.2) is 0 Å². The van der Waals surface area contributed by atoms with E-state index in [0.717, 1.165) is 25.8 Å². The van der Waals surface area contributed by atoms with Crippen LogP contribution < -0.4 is 11.1 Å². The Morgan fingerprint density at radius 3 is 2.82 bits per heavy atom. The van der Waals surface area contributed by atoms with Crippen molar-refractivity contribution in [1.29, 1.82) is 0 Å². The predicted molar refractivity (Wildman–Crippen MR) is 44.0 cm³/mol. The van der Waals surface area contributed by atoms with E-state index in [1.807, 2.05) is 6.92 Å². The predicted octanol–water partition coefficient (Wildman–Crippen LogP) is 0.250. The minimum absolute atomic E-state index is 0.181. The molecule has 0 bridgehead atoms. The molecule has 1 rings (SSSR count). The number of carbonyl (C=O) groups is 1. The van der Waals surface area contributed by atoms with Gasteiger partial charge in [0.2, 0.25) is 5.91 Å². The van der Waals surface area contributed by atoms with Gasteiger partial charge in [0.25, 0.3) is 0 Å². The van der Waals surface area contributed by atoms with Gasteiger partial charge in [-0.05, 0) is 26.2 Å². The Labute approximate surface area is 67.3 Å². The molecule has 0 unspecified atom stereocenters. The molecule has 1 aliphatic carbocycles. The third-order valence-corrected chi connectivity index (χ3v) is 2.19. The fraction of sp³-hybridized carbons (Fsp3) is 0.875. The van der Waals surface area contributed by atoms with Crippen molar-refractivity contribution in [2.24, 2.45) is 11.7 Å². The summed E-state index contributed by atoms with van der Waals surface area (Å²) < 4.78 is 0. The molecule has 0 aromatic heterocycles. The van der Waals surface area contributed by atoms with Gasteiger partial charge >= 0.3 is 0 Å². The lowest BCUT2D eigenvalue weighted by atomic mass is 10.1. The maximum Gasteiger partial charge on any atom is 0.223 e. The molecule has 2 atom stereocenters. The quantitative estimate of drug-likeness (QED) is 0.602. The van der Waals surface area contributed by atoms with Crippen LogP contribution in [0.4, 0.5) is 0 Å². The van der Waals surface area contributed by atoms with E-state index in [-0.39, 0.29) is 17.9 Å². The van der Waals surface area contributed by atoms with E-state index in [1.54, 1.807) is 0 Å². The minimum Gasteiger partial charge on any atom is -0.356 e. The van der Waals surface area contributed by atoms with E-state index in [9.17, 15) is 4.79 Å². The molecule has 0 aromatic carbocycles. The van der Waals surface area contributed by atoms with Crippen molar-refractivity contribution in [3.8, 4) is 0 Å². The number of hydrogen-bond donors (Lipinski definition) is 2. The standard InChI is InChI=1S/C8H16N2O/c1-2-10-8(11)6-3-4-7(9)5-6/h6-7H,2-5,9H2,1H3,(H,10,11)/t6-,7+/m0/s1. The lowest BCUT2D eigenvalue weighted by molar-refractivity contribution is -0.124. The summed E-state index contributed by atoms with van der Waals surface area (Å²) in [5.74, 6) is 0.366. The molecule has 1 aliphatic rings. The fourth-order valence-corrected chi connectivity index (χ4v) is 1.57. The third kappa shape index (κ3) is 2.19. The summed E-state index contributed by atoms with van der Waals surface area (Å²) in [5.41, 5.74) is 5.68. The first-order valence-electron chi connectivity index (χ1n) is 4.27. The lowest BCUT2D eigenvalue weighted by Gasteiger charge is -2.08. The van der Waals surface area contributed by atoms with E-state index >= 15 is 0 Å². The normalized spacial score (nSPS) is 30.4. The molecule has 0 spiro atoms. The van der Waals surface area contributed by atoms with Crippen LogP contribution in [0.3, 0.4) is 0 Å². The second-order valence-corrected chi connectivity index (χ2v) is 3.16. The van der Waals surface area contributed by atoms with Crippen molar-refractivity contribution in [3.63, 3.8) is 0 Å². The van der Waals surface area contributed by atoms with Crippen molar-refractivity contribution < 1.29 is 4.79 Å². The molecule has 1 saturated carbocycles. The molecular weight excluding hydrogens is 140 g/mol. The number of rotatable bonds is 2. The van der Waals surface area contributed by atoms with E-state index in [2.05, 4.69) is 5.32 Å². The van der Waals surface area contributed by atoms with Crippen molar-refractivity contribution >= 4 is 5.91 Å². The van der Waals surface area contributed by atoms with Crippen LogP contribution in [0.2, 0.25) is 0 Å². The second kappa shape index (κ2) is 3.72. The van der Waals surface area contributed by atoms with Gasteiger partial charge in [-0.3, -0.25) is 4.79 Å². The van der Waals surface area contributed by atoms with Crippen molar-refractivity contribution in [2.45, 2.75) is 32.2 Å². The van der Waals surface area contributed by atoms with Crippen LogP contribution in [0, 0.1) is 5.92 Å². The van der Waals surface area contributed by atoms with Crippen molar-refractivity contribution in [2.75, 3.05) is 6.54 Å². The van der Waals surface area contributed by atoms with E-state index in [4.69, 9.17) is 5.73 Å². The summed E-state index contributed by atoms with van der Waals surface area (Å²) in [6, 6.07) is 0.252. The molecule has 3 nitrogen and oxygen atoms in total.